The van der Waals surface area contributed by atoms with Gasteiger partial charge in [0.15, 0.2) is 0 Å². The second kappa shape index (κ2) is 9.18. The zero-order valence-electron chi connectivity index (χ0n) is 14.2. The molecule has 1 unspecified atom stereocenters. The molecule has 1 aromatic rings. The van der Waals surface area contributed by atoms with Gasteiger partial charge in [-0.2, -0.15) is 0 Å². The van der Waals surface area contributed by atoms with Crippen molar-refractivity contribution in [3.63, 3.8) is 0 Å². The Morgan fingerprint density at radius 3 is 2.17 bits per heavy atom. The molecule has 1 atom stereocenters. The van der Waals surface area contributed by atoms with E-state index in [0.29, 0.717) is 5.06 Å². The maximum Gasteiger partial charge on any atom is 0.338 e. The molecule has 6 nitrogen and oxygen atoms in total. The summed E-state index contributed by atoms with van der Waals surface area (Å²) in [6, 6.07) is 7.60. The molecule has 7 heteroatoms. The molecule has 1 amide bonds. The number of nitrogens with zero attached hydrogens (tertiary/aromatic N) is 1. The molecular weight excluding hydrogens is 317 g/mol. The normalized spacial score (nSPS) is 12.9. The van der Waals surface area contributed by atoms with Crippen molar-refractivity contribution in [3.05, 3.63) is 35.4 Å². The molecule has 0 saturated carbocycles. The van der Waals surface area contributed by atoms with Gasteiger partial charge in [-0.05, 0) is 32.8 Å². The predicted octanol–water partition coefficient (Wildman–Crippen LogP) is 3.93. The van der Waals surface area contributed by atoms with E-state index < -0.39 is 19.2 Å². The van der Waals surface area contributed by atoms with Crippen LogP contribution in [-0.4, -0.2) is 35.9 Å². The molecule has 0 spiro atoms. The number of hydroxylamine groups is 2. The number of aryl methyl sites for hydroxylation is 1. The van der Waals surface area contributed by atoms with Gasteiger partial charge in [0.2, 0.25) is 5.91 Å². The maximum atomic E-state index is 13.2. The molecule has 130 valence electrons. The van der Waals surface area contributed by atoms with Crippen LogP contribution in [0.15, 0.2) is 24.3 Å². The Labute approximate surface area is 137 Å². The maximum absolute atomic E-state index is 13.2. The molecule has 0 fully saturated rings. The van der Waals surface area contributed by atoms with Crippen LogP contribution < -0.4 is 0 Å². The van der Waals surface area contributed by atoms with Crippen molar-refractivity contribution in [1.29, 1.82) is 0 Å². The first-order chi connectivity index (χ1) is 10.8. The number of carbonyl (C=O) groups excluding carboxylic acids is 1. The minimum atomic E-state index is -3.40. The second-order valence-corrected chi connectivity index (χ2v) is 7.45. The Balaban J connectivity index is 3.10. The lowest BCUT2D eigenvalue weighted by molar-refractivity contribution is -0.162. The highest BCUT2D eigenvalue weighted by Crippen LogP contribution is 2.62. The Morgan fingerprint density at radius 2 is 1.74 bits per heavy atom. The van der Waals surface area contributed by atoms with Gasteiger partial charge in [0.05, 0.1) is 18.9 Å². The Morgan fingerprint density at radius 1 is 1.22 bits per heavy atom. The molecule has 1 rings (SSSR count). The predicted molar refractivity (Wildman–Crippen MR) is 88.6 cm³/mol. The standard InChI is InChI=1S/C16H26NO5P/c1-5-21-23(20,22-6-2)16(11-12-17(19)14(4)18)15-9-7-13(3)8-10-15/h7-10,16,19H,5-6,11-12H2,1-4H3. The van der Waals surface area contributed by atoms with Gasteiger partial charge < -0.3 is 9.05 Å². The lowest BCUT2D eigenvalue weighted by Gasteiger charge is -2.27. The molecule has 1 aromatic carbocycles. The fraction of sp³-hybridized carbons (Fsp3) is 0.562. The van der Waals surface area contributed by atoms with E-state index in [1.165, 1.54) is 6.92 Å². The summed E-state index contributed by atoms with van der Waals surface area (Å²) >= 11 is 0. The summed E-state index contributed by atoms with van der Waals surface area (Å²) < 4.78 is 24.1. The summed E-state index contributed by atoms with van der Waals surface area (Å²) in [5.74, 6) is -0.463. The topological polar surface area (TPSA) is 76.1 Å². The number of hydrogen-bond donors (Lipinski definition) is 1. The third-order valence-electron chi connectivity index (χ3n) is 3.44. The highest BCUT2D eigenvalue weighted by Gasteiger charge is 2.37. The van der Waals surface area contributed by atoms with Gasteiger partial charge in [-0.25, -0.2) is 5.06 Å². The first-order valence-corrected chi connectivity index (χ1v) is 9.37. The fourth-order valence-corrected chi connectivity index (χ4v) is 4.40. The van der Waals surface area contributed by atoms with E-state index in [9.17, 15) is 14.6 Å². The molecule has 23 heavy (non-hydrogen) atoms. The Bertz CT molecular complexity index is 536. The van der Waals surface area contributed by atoms with Crippen LogP contribution in [-0.2, 0) is 18.4 Å². The zero-order valence-corrected chi connectivity index (χ0v) is 15.1. The van der Waals surface area contributed by atoms with Crippen molar-refractivity contribution in [2.45, 2.75) is 39.8 Å². The molecular formula is C16H26NO5P. The van der Waals surface area contributed by atoms with Crippen LogP contribution in [0.4, 0.5) is 0 Å². The molecule has 0 heterocycles. The number of amides is 1. The summed E-state index contributed by atoms with van der Waals surface area (Å²) in [4.78, 5) is 11.2. The van der Waals surface area contributed by atoms with Crippen LogP contribution in [0, 0.1) is 6.92 Å². The van der Waals surface area contributed by atoms with E-state index >= 15 is 0 Å². The first kappa shape index (κ1) is 19.8. The van der Waals surface area contributed by atoms with Crippen LogP contribution in [0.25, 0.3) is 0 Å². The monoisotopic (exact) mass is 343 g/mol. The van der Waals surface area contributed by atoms with E-state index in [-0.39, 0.29) is 26.2 Å². The van der Waals surface area contributed by atoms with Gasteiger partial charge in [-0.15, -0.1) is 0 Å². The summed E-state index contributed by atoms with van der Waals surface area (Å²) in [5, 5.41) is 10.2. The third kappa shape index (κ3) is 5.74. The van der Waals surface area contributed by atoms with Gasteiger partial charge in [-0.3, -0.25) is 14.6 Å². The number of rotatable bonds is 9. The second-order valence-electron chi connectivity index (χ2n) is 5.23. The van der Waals surface area contributed by atoms with Gasteiger partial charge in [0.25, 0.3) is 0 Å². The van der Waals surface area contributed by atoms with Gasteiger partial charge in [0.1, 0.15) is 0 Å². The Hall–Kier alpha value is -1.20. The van der Waals surface area contributed by atoms with Crippen molar-refractivity contribution in [3.8, 4) is 0 Å². The van der Waals surface area contributed by atoms with E-state index in [4.69, 9.17) is 9.05 Å². The first-order valence-electron chi connectivity index (χ1n) is 7.76. The van der Waals surface area contributed by atoms with Gasteiger partial charge >= 0.3 is 7.60 Å². The van der Waals surface area contributed by atoms with Crippen molar-refractivity contribution in [1.82, 2.24) is 5.06 Å². The lowest BCUT2D eigenvalue weighted by atomic mass is 10.1. The van der Waals surface area contributed by atoms with E-state index in [1.54, 1.807) is 13.8 Å². The number of carbonyl (C=O) groups is 1. The van der Waals surface area contributed by atoms with E-state index in [1.807, 2.05) is 31.2 Å². The molecule has 0 aliphatic heterocycles. The quantitative estimate of drug-likeness (QED) is 0.418. The number of benzene rings is 1. The van der Waals surface area contributed by atoms with E-state index in [2.05, 4.69) is 0 Å². The van der Waals surface area contributed by atoms with E-state index in [0.717, 1.165) is 11.1 Å². The fourth-order valence-electron chi connectivity index (χ4n) is 2.28. The van der Waals surface area contributed by atoms with Crippen LogP contribution in [0.1, 0.15) is 44.0 Å². The minimum Gasteiger partial charge on any atom is -0.308 e. The van der Waals surface area contributed by atoms with Crippen LogP contribution in [0.5, 0.6) is 0 Å². The van der Waals surface area contributed by atoms with Crippen molar-refractivity contribution < 1.29 is 23.6 Å². The average Bonchev–Trinajstić information content (AvgIpc) is 2.49. The minimum absolute atomic E-state index is 0.0536. The molecule has 0 radical (unpaired) electrons. The summed E-state index contributed by atoms with van der Waals surface area (Å²) in [7, 11) is -3.40. The van der Waals surface area contributed by atoms with Crippen LogP contribution >= 0.6 is 7.60 Å². The van der Waals surface area contributed by atoms with Crippen LogP contribution in [0.2, 0.25) is 0 Å². The van der Waals surface area contributed by atoms with Crippen molar-refractivity contribution in [2.75, 3.05) is 19.8 Å². The molecule has 0 aliphatic carbocycles. The summed E-state index contributed by atoms with van der Waals surface area (Å²) in [5.41, 5.74) is 1.34. The van der Waals surface area contributed by atoms with Gasteiger partial charge in [-0.1, -0.05) is 29.8 Å². The highest BCUT2D eigenvalue weighted by molar-refractivity contribution is 7.54. The van der Waals surface area contributed by atoms with Crippen molar-refractivity contribution >= 4 is 13.5 Å². The number of hydrogen-bond acceptors (Lipinski definition) is 5. The zero-order chi connectivity index (χ0) is 17.5. The lowest BCUT2D eigenvalue weighted by Crippen LogP contribution is -2.27. The third-order valence-corrected chi connectivity index (χ3v) is 6.00. The Kier molecular flexibility index (Phi) is 7.92. The molecule has 0 aliphatic rings. The molecule has 0 bridgehead atoms. The van der Waals surface area contributed by atoms with Crippen LogP contribution in [0.3, 0.4) is 0 Å². The molecule has 0 saturated heterocycles. The highest BCUT2D eigenvalue weighted by atomic mass is 31.2. The largest absolute Gasteiger partial charge is 0.338 e. The smallest absolute Gasteiger partial charge is 0.308 e. The summed E-state index contributed by atoms with van der Waals surface area (Å²) in [6.45, 7) is 7.32. The van der Waals surface area contributed by atoms with Gasteiger partial charge in [0, 0.05) is 13.5 Å². The van der Waals surface area contributed by atoms with Crippen molar-refractivity contribution in [2.24, 2.45) is 0 Å². The average molecular weight is 343 g/mol. The SMILES string of the molecule is CCOP(=O)(OCC)C(CCN(O)C(C)=O)c1ccc(C)cc1. The molecule has 0 aromatic heterocycles. The summed E-state index contributed by atoms with van der Waals surface area (Å²) in [6.07, 6.45) is 0.274. The molecule has 1 N–H and O–H groups in total.